The van der Waals surface area contributed by atoms with Crippen molar-refractivity contribution in [3.63, 3.8) is 0 Å². The van der Waals surface area contributed by atoms with Crippen LogP contribution >= 0.6 is 0 Å². The first-order valence-corrected chi connectivity index (χ1v) is 1.29. The minimum Gasteiger partial charge on any atom is -0.296 e. The fourth-order valence-corrected chi connectivity index (χ4v) is 0.0373. The average Bonchev–Trinajstić information content (AvgIpc) is 1.65. The number of carbonyl (C=O) groups is 1. The van der Waals surface area contributed by atoms with Crippen LogP contribution < -0.4 is 0 Å². The zero-order chi connectivity index (χ0) is 4.99. The predicted molar refractivity (Wildman–Crippen MR) is 24.7 cm³/mol. The van der Waals surface area contributed by atoms with Gasteiger partial charge in [0.1, 0.15) is 0 Å². The van der Waals surface area contributed by atoms with E-state index in [-0.39, 0.29) is 51.4 Å². The van der Waals surface area contributed by atoms with Crippen molar-refractivity contribution in [2.24, 2.45) is 0 Å². The fourth-order valence-electron chi connectivity index (χ4n) is 0.0373. The number of hydrogen-bond acceptors (Lipinski definition) is 3. The Morgan fingerprint density at radius 2 is 2.29 bits per heavy atom. The molecule has 1 radical (unpaired) electrons. The van der Waals surface area contributed by atoms with Crippen LogP contribution in [0, 0.1) is 0 Å². The molecule has 0 aliphatic heterocycles. The first kappa shape index (κ1) is 10.7. The molecular formula is C3H4KO3. The van der Waals surface area contributed by atoms with E-state index >= 15 is 0 Å². The summed E-state index contributed by atoms with van der Waals surface area (Å²) in [6.45, 7) is 3.00. The molecule has 0 aromatic rings. The molecule has 0 rings (SSSR count). The summed E-state index contributed by atoms with van der Waals surface area (Å²) in [5.41, 5.74) is 0. The first-order valence-electron chi connectivity index (χ1n) is 1.29. The van der Waals surface area contributed by atoms with Crippen molar-refractivity contribution in [3.05, 3.63) is 12.7 Å². The molecule has 3 nitrogen and oxygen atoms in total. The molecular weight excluding hydrogens is 123 g/mol. The van der Waals surface area contributed by atoms with E-state index < -0.39 is 5.97 Å². The van der Waals surface area contributed by atoms with Gasteiger partial charge in [-0.3, -0.25) is 4.89 Å². The largest absolute Gasteiger partial charge is 0.365 e. The predicted octanol–water partition coefficient (Wildman–Crippen LogP) is -0.192. The van der Waals surface area contributed by atoms with Gasteiger partial charge in [0.25, 0.3) is 0 Å². The van der Waals surface area contributed by atoms with E-state index in [0.29, 0.717) is 0 Å². The van der Waals surface area contributed by atoms with Crippen LogP contribution in [0.4, 0.5) is 0 Å². The zero-order valence-electron chi connectivity index (χ0n) is 4.05. The summed E-state index contributed by atoms with van der Waals surface area (Å²) < 4.78 is 0. The molecule has 0 bridgehead atoms. The van der Waals surface area contributed by atoms with E-state index in [9.17, 15) is 4.79 Å². The van der Waals surface area contributed by atoms with Gasteiger partial charge in [0.15, 0.2) is 0 Å². The second-order valence-electron chi connectivity index (χ2n) is 0.614. The van der Waals surface area contributed by atoms with Crippen molar-refractivity contribution in [2.75, 3.05) is 0 Å². The molecule has 0 aliphatic carbocycles. The monoisotopic (exact) mass is 127 g/mol. The molecule has 7 heavy (non-hydrogen) atoms. The van der Waals surface area contributed by atoms with Gasteiger partial charge in [-0.25, -0.2) is 4.79 Å². The maximum absolute atomic E-state index is 9.59. The molecule has 0 fully saturated rings. The Morgan fingerprint density at radius 1 is 1.86 bits per heavy atom. The minimum absolute atomic E-state index is 0. The molecule has 0 saturated heterocycles. The van der Waals surface area contributed by atoms with Gasteiger partial charge in [-0.05, 0) is 0 Å². The van der Waals surface area contributed by atoms with Crippen LogP contribution in [0.2, 0.25) is 0 Å². The first-order chi connectivity index (χ1) is 2.81. The summed E-state index contributed by atoms with van der Waals surface area (Å²) in [6.07, 6.45) is 0.861. The molecule has 0 spiro atoms. The van der Waals surface area contributed by atoms with Crippen LogP contribution in [0.1, 0.15) is 0 Å². The van der Waals surface area contributed by atoms with Gasteiger partial charge in [0.2, 0.25) is 0 Å². The molecule has 0 aliphatic rings. The molecule has 0 aromatic heterocycles. The minimum atomic E-state index is -0.838. The van der Waals surface area contributed by atoms with Crippen molar-refractivity contribution < 1.29 is 14.9 Å². The third-order valence-electron chi connectivity index (χ3n) is 0.257. The SMILES string of the molecule is C=CC(=O)OO.[K]. The Labute approximate surface area is 83.7 Å². The summed E-state index contributed by atoms with van der Waals surface area (Å²) in [4.78, 5) is 12.7. The molecule has 0 saturated carbocycles. The summed E-state index contributed by atoms with van der Waals surface area (Å²) >= 11 is 0. The number of rotatable bonds is 1. The van der Waals surface area contributed by atoms with E-state index in [1.807, 2.05) is 0 Å². The van der Waals surface area contributed by atoms with Gasteiger partial charge in [0.05, 0.1) is 0 Å². The van der Waals surface area contributed by atoms with E-state index in [1.54, 1.807) is 0 Å². The fraction of sp³-hybridized carbons (Fsp3) is 0. The third-order valence-corrected chi connectivity index (χ3v) is 0.257. The van der Waals surface area contributed by atoms with Crippen LogP contribution in [0.5, 0.6) is 0 Å². The molecule has 0 atom stereocenters. The number of hydrogen-bond donors (Lipinski definition) is 1. The van der Waals surface area contributed by atoms with Gasteiger partial charge in [-0.2, -0.15) is 5.26 Å². The van der Waals surface area contributed by atoms with Crippen molar-refractivity contribution in [1.29, 1.82) is 0 Å². The standard InChI is InChI=1S/C3H4O3.K/c1-2-3(4)6-5;/h2,5H,1H2;. The maximum Gasteiger partial charge on any atom is 0.365 e. The Hall–Kier alpha value is 0.806. The molecule has 0 heterocycles. The Morgan fingerprint density at radius 3 is 2.29 bits per heavy atom. The third kappa shape index (κ3) is 6.81. The summed E-state index contributed by atoms with van der Waals surface area (Å²) in [6, 6.07) is 0. The number of carbonyl (C=O) groups excluding carboxylic acids is 1. The molecule has 1 N–H and O–H groups in total. The zero-order valence-corrected chi connectivity index (χ0v) is 7.17. The molecule has 35 valence electrons. The van der Waals surface area contributed by atoms with Gasteiger partial charge in [-0.1, -0.05) is 6.58 Å². The topological polar surface area (TPSA) is 46.5 Å². The van der Waals surface area contributed by atoms with Crippen molar-refractivity contribution in [2.45, 2.75) is 0 Å². The van der Waals surface area contributed by atoms with Crippen molar-refractivity contribution in [1.82, 2.24) is 0 Å². The van der Waals surface area contributed by atoms with Crippen molar-refractivity contribution in [3.8, 4) is 0 Å². The summed E-state index contributed by atoms with van der Waals surface area (Å²) in [5, 5.41) is 7.41. The second-order valence-corrected chi connectivity index (χ2v) is 0.614. The molecule has 0 amide bonds. The Kier molecular flexibility index (Phi) is 10.4. The van der Waals surface area contributed by atoms with Crippen LogP contribution in [-0.2, 0) is 9.68 Å². The quantitative estimate of drug-likeness (QED) is 0.230. The molecule has 0 aromatic carbocycles. The average molecular weight is 127 g/mol. The van der Waals surface area contributed by atoms with E-state index in [2.05, 4.69) is 11.5 Å². The van der Waals surface area contributed by atoms with E-state index in [0.717, 1.165) is 6.08 Å². The normalized spacial score (nSPS) is 5.86. The van der Waals surface area contributed by atoms with Gasteiger partial charge in [-0.15, -0.1) is 0 Å². The van der Waals surface area contributed by atoms with Crippen LogP contribution in [0.15, 0.2) is 12.7 Å². The van der Waals surface area contributed by atoms with E-state index in [4.69, 9.17) is 5.26 Å². The van der Waals surface area contributed by atoms with Crippen LogP contribution in [0.3, 0.4) is 0 Å². The van der Waals surface area contributed by atoms with Crippen LogP contribution in [0.25, 0.3) is 0 Å². The van der Waals surface area contributed by atoms with Gasteiger partial charge >= 0.3 is 5.97 Å². The van der Waals surface area contributed by atoms with Crippen LogP contribution in [-0.4, -0.2) is 62.6 Å². The molecule has 4 heteroatoms. The Balaban J connectivity index is 0. The summed E-state index contributed by atoms with van der Waals surface area (Å²) in [5.74, 6) is -0.838. The van der Waals surface area contributed by atoms with Gasteiger partial charge < -0.3 is 0 Å². The van der Waals surface area contributed by atoms with Crippen molar-refractivity contribution >= 4 is 57.4 Å². The molecule has 0 unspecified atom stereocenters. The Bertz CT molecular complexity index is 70.6. The van der Waals surface area contributed by atoms with Gasteiger partial charge in [0, 0.05) is 57.5 Å². The smallest absolute Gasteiger partial charge is 0.296 e. The summed E-state index contributed by atoms with van der Waals surface area (Å²) in [7, 11) is 0. The van der Waals surface area contributed by atoms with E-state index in [1.165, 1.54) is 0 Å². The second kappa shape index (κ2) is 6.81. The maximum atomic E-state index is 9.59.